The number of rotatable bonds is 7. The van der Waals surface area contributed by atoms with Gasteiger partial charge in [-0.25, -0.2) is 4.57 Å². The van der Waals surface area contributed by atoms with E-state index in [2.05, 4.69) is 23.7 Å². The number of benzene rings is 1. The van der Waals surface area contributed by atoms with Crippen LogP contribution < -0.4 is 24.5 Å². The highest BCUT2D eigenvalue weighted by molar-refractivity contribution is 6.00. The Hall–Kier alpha value is -3.17. The van der Waals surface area contributed by atoms with Crippen LogP contribution in [0.25, 0.3) is 0 Å². The summed E-state index contributed by atoms with van der Waals surface area (Å²) in [6.07, 6.45) is 3.79. The highest BCUT2D eigenvalue weighted by Crippen LogP contribution is 2.51. The molecule has 3 aliphatic rings. The van der Waals surface area contributed by atoms with Crippen molar-refractivity contribution in [1.29, 1.82) is 0 Å². The van der Waals surface area contributed by atoms with E-state index in [4.69, 9.17) is 24.7 Å². The SMILES string of the molecule is COc1ccc([C@H]2C3=C(CC(C)(C)CC3=O)Oc3nc[n+](CCCN4CCOCC4)c(N)c32)cc1OC. The molecule has 198 valence electrons. The number of Topliss-reactive ketones (excluding diaryl/α,β-unsaturated/α-hetero) is 1. The van der Waals surface area contributed by atoms with Gasteiger partial charge in [-0.1, -0.05) is 24.9 Å². The predicted molar refractivity (Wildman–Crippen MR) is 138 cm³/mol. The van der Waals surface area contributed by atoms with Gasteiger partial charge in [-0.05, 0) is 29.5 Å². The number of aromatic nitrogens is 2. The molecule has 0 spiro atoms. The number of methoxy groups -OCH3 is 2. The third kappa shape index (κ3) is 5.02. The molecule has 9 heteroatoms. The number of morpholine rings is 1. The maximum absolute atomic E-state index is 13.6. The Morgan fingerprint density at radius 3 is 2.65 bits per heavy atom. The first-order chi connectivity index (χ1) is 17.8. The highest BCUT2D eigenvalue weighted by Gasteiger charge is 2.45. The molecule has 0 unspecified atom stereocenters. The molecule has 2 aliphatic heterocycles. The average Bonchev–Trinajstić information content (AvgIpc) is 2.88. The van der Waals surface area contributed by atoms with Gasteiger partial charge in [0, 0.05) is 38.0 Å². The van der Waals surface area contributed by atoms with Crippen molar-refractivity contribution < 1.29 is 28.3 Å². The lowest BCUT2D eigenvalue weighted by atomic mass is 9.70. The number of hydrogen-bond donors (Lipinski definition) is 1. The number of nitrogen functional groups attached to an aromatic ring is 1. The summed E-state index contributed by atoms with van der Waals surface area (Å²) >= 11 is 0. The van der Waals surface area contributed by atoms with E-state index in [1.165, 1.54) is 0 Å². The molecule has 1 aromatic heterocycles. The minimum absolute atomic E-state index is 0.0822. The van der Waals surface area contributed by atoms with Crippen LogP contribution in [0.3, 0.4) is 0 Å². The molecule has 1 aliphatic carbocycles. The molecular formula is C28H37N4O5+. The number of fused-ring (bicyclic) bond motifs is 1. The van der Waals surface area contributed by atoms with Crippen LogP contribution in [0.5, 0.6) is 17.4 Å². The van der Waals surface area contributed by atoms with Gasteiger partial charge in [0.25, 0.3) is 0 Å². The van der Waals surface area contributed by atoms with Gasteiger partial charge in [0.15, 0.2) is 17.3 Å². The van der Waals surface area contributed by atoms with Gasteiger partial charge in [-0.2, -0.15) is 0 Å². The molecule has 1 fully saturated rings. The number of ketones is 1. The topological polar surface area (TPSA) is 100 Å². The third-order valence-electron chi connectivity index (χ3n) is 7.52. The van der Waals surface area contributed by atoms with E-state index in [1.807, 2.05) is 22.8 Å². The number of nitrogens with two attached hydrogens (primary N) is 1. The van der Waals surface area contributed by atoms with E-state index in [1.54, 1.807) is 20.5 Å². The largest absolute Gasteiger partial charge is 0.493 e. The van der Waals surface area contributed by atoms with Gasteiger partial charge in [-0.3, -0.25) is 9.69 Å². The second-order valence-electron chi connectivity index (χ2n) is 10.8. The molecule has 37 heavy (non-hydrogen) atoms. The predicted octanol–water partition coefficient (Wildman–Crippen LogP) is 2.86. The quantitative estimate of drug-likeness (QED) is 0.569. The lowest BCUT2D eigenvalue weighted by Gasteiger charge is -2.37. The number of carbonyl (C=O) groups excluding carboxylic acids is 1. The first kappa shape index (κ1) is 25.5. The van der Waals surface area contributed by atoms with Crippen molar-refractivity contribution in [2.24, 2.45) is 5.41 Å². The summed E-state index contributed by atoms with van der Waals surface area (Å²) in [4.78, 5) is 20.7. The summed E-state index contributed by atoms with van der Waals surface area (Å²) in [6, 6.07) is 5.75. The second-order valence-corrected chi connectivity index (χ2v) is 10.8. The van der Waals surface area contributed by atoms with Crippen LogP contribution in [0.2, 0.25) is 0 Å². The monoisotopic (exact) mass is 509 g/mol. The summed E-state index contributed by atoms with van der Waals surface area (Å²) in [7, 11) is 3.22. The van der Waals surface area contributed by atoms with E-state index in [-0.39, 0.29) is 11.2 Å². The molecule has 3 heterocycles. The number of aryl methyl sites for hydroxylation is 1. The summed E-state index contributed by atoms with van der Waals surface area (Å²) < 4.78 is 24.8. The van der Waals surface area contributed by atoms with Gasteiger partial charge in [0.1, 0.15) is 11.3 Å². The Bertz CT molecular complexity index is 1220. The van der Waals surface area contributed by atoms with Crippen molar-refractivity contribution in [2.75, 3.05) is 52.8 Å². The molecule has 9 nitrogen and oxygen atoms in total. The molecule has 0 bridgehead atoms. The first-order valence-corrected chi connectivity index (χ1v) is 12.9. The zero-order valence-electron chi connectivity index (χ0n) is 22.2. The van der Waals surface area contributed by atoms with Crippen LogP contribution in [0.4, 0.5) is 5.82 Å². The van der Waals surface area contributed by atoms with E-state index < -0.39 is 5.92 Å². The van der Waals surface area contributed by atoms with Crippen LogP contribution >= 0.6 is 0 Å². The summed E-state index contributed by atoms with van der Waals surface area (Å²) in [6.45, 7) is 9.33. The molecular weight excluding hydrogens is 472 g/mol. The van der Waals surface area contributed by atoms with E-state index in [0.29, 0.717) is 47.4 Å². The van der Waals surface area contributed by atoms with Crippen LogP contribution in [0.15, 0.2) is 35.9 Å². The molecule has 0 radical (unpaired) electrons. The van der Waals surface area contributed by atoms with Gasteiger partial charge in [-0.15, -0.1) is 0 Å². The van der Waals surface area contributed by atoms with Crippen molar-refractivity contribution in [2.45, 2.75) is 45.6 Å². The van der Waals surface area contributed by atoms with Crippen molar-refractivity contribution in [3.63, 3.8) is 0 Å². The van der Waals surface area contributed by atoms with Crippen molar-refractivity contribution in [3.8, 4) is 17.4 Å². The number of anilines is 1. The fourth-order valence-electron chi connectivity index (χ4n) is 5.66. The molecule has 2 aromatic rings. The molecule has 5 rings (SSSR count). The normalized spacial score (nSPS) is 21.2. The first-order valence-electron chi connectivity index (χ1n) is 12.9. The lowest BCUT2D eigenvalue weighted by molar-refractivity contribution is -0.686. The Morgan fingerprint density at radius 1 is 1.16 bits per heavy atom. The zero-order valence-corrected chi connectivity index (χ0v) is 22.2. The third-order valence-corrected chi connectivity index (χ3v) is 7.52. The van der Waals surface area contributed by atoms with Gasteiger partial charge >= 0.3 is 5.88 Å². The van der Waals surface area contributed by atoms with Crippen molar-refractivity contribution >= 4 is 11.6 Å². The molecule has 1 saturated heterocycles. The molecule has 1 aromatic carbocycles. The molecule has 0 amide bonds. The molecule has 2 N–H and O–H groups in total. The van der Waals surface area contributed by atoms with Crippen molar-refractivity contribution in [3.05, 3.63) is 47.0 Å². The number of carbonyl (C=O) groups is 1. The fraction of sp³-hybridized carbons (Fsp3) is 0.536. The summed E-state index contributed by atoms with van der Waals surface area (Å²) in [5.41, 5.74) is 8.92. The summed E-state index contributed by atoms with van der Waals surface area (Å²) in [5, 5.41) is 0. The highest BCUT2D eigenvalue weighted by atomic mass is 16.5. The Balaban J connectivity index is 1.54. The Morgan fingerprint density at radius 2 is 1.92 bits per heavy atom. The van der Waals surface area contributed by atoms with Gasteiger partial charge in [0.2, 0.25) is 12.1 Å². The van der Waals surface area contributed by atoms with Crippen LogP contribution in [-0.2, 0) is 16.1 Å². The van der Waals surface area contributed by atoms with E-state index in [0.717, 1.165) is 56.9 Å². The number of allylic oxidation sites excluding steroid dienone is 2. The standard InChI is InChI=1S/C28H36N4O5/c1-28(2)15-19(33)24-22(16-28)37-27-25(23(24)18-6-7-20(34-3)21(14-18)35-4)26(29)32(17-30-27)9-5-8-31-10-12-36-13-11-31/h6-7,14,17,23,29H,5,8-13,15-16H2,1-4H3/p+1/t23-/m0/s1. The fourth-order valence-corrected chi connectivity index (χ4v) is 5.66. The maximum Gasteiger partial charge on any atom is 0.305 e. The zero-order chi connectivity index (χ0) is 26.2. The average molecular weight is 510 g/mol. The van der Waals surface area contributed by atoms with Crippen LogP contribution in [-0.4, -0.2) is 62.7 Å². The summed E-state index contributed by atoms with van der Waals surface area (Å²) in [5.74, 6) is 2.62. The van der Waals surface area contributed by atoms with Crippen molar-refractivity contribution in [1.82, 2.24) is 9.88 Å². The number of nitrogens with zero attached hydrogens (tertiary/aromatic N) is 3. The Labute approximate surface area is 218 Å². The number of hydrogen-bond acceptors (Lipinski definition) is 8. The van der Waals surface area contributed by atoms with Gasteiger partial charge < -0.3 is 24.7 Å². The molecule has 1 atom stereocenters. The van der Waals surface area contributed by atoms with Crippen LogP contribution in [0.1, 0.15) is 50.2 Å². The number of ether oxygens (including phenoxy) is 4. The minimum Gasteiger partial charge on any atom is -0.493 e. The van der Waals surface area contributed by atoms with E-state index >= 15 is 0 Å². The lowest BCUT2D eigenvalue weighted by Crippen LogP contribution is -2.43. The molecule has 0 saturated carbocycles. The van der Waals surface area contributed by atoms with E-state index in [9.17, 15) is 4.79 Å². The smallest absolute Gasteiger partial charge is 0.305 e. The maximum atomic E-state index is 13.6. The van der Waals surface area contributed by atoms with Gasteiger partial charge in [0.05, 0.1) is 39.9 Å². The van der Waals surface area contributed by atoms with Crippen LogP contribution in [0, 0.1) is 5.41 Å². The second kappa shape index (κ2) is 10.3. The Kier molecular flexibility index (Phi) is 7.09. The minimum atomic E-state index is -0.402.